The number of hydrogen-bond acceptors (Lipinski definition) is 3. The molecule has 0 N–H and O–H groups in total. The Morgan fingerprint density at radius 1 is 1.17 bits per heavy atom. The van der Waals surface area contributed by atoms with Crippen molar-refractivity contribution >= 4 is 5.78 Å². The topological polar surface area (TPSA) is 29.5 Å². The van der Waals surface area contributed by atoms with Crippen LogP contribution in [0, 0.1) is 6.92 Å². The van der Waals surface area contributed by atoms with Crippen molar-refractivity contribution in [2.45, 2.75) is 26.2 Å². The van der Waals surface area contributed by atoms with E-state index in [1.165, 1.54) is 5.56 Å². The number of benzene rings is 1. The van der Waals surface area contributed by atoms with Gasteiger partial charge in [0.15, 0.2) is 0 Å². The number of rotatable bonds is 5. The summed E-state index contributed by atoms with van der Waals surface area (Å²) in [7, 11) is 0. The zero-order valence-corrected chi connectivity index (χ0v) is 11.0. The van der Waals surface area contributed by atoms with E-state index < -0.39 is 0 Å². The first-order chi connectivity index (χ1) is 8.74. The van der Waals surface area contributed by atoms with Crippen molar-refractivity contribution in [2.24, 2.45) is 0 Å². The maximum atomic E-state index is 11.1. The van der Waals surface area contributed by atoms with Gasteiger partial charge in [0, 0.05) is 32.5 Å². The number of hydrogen-bond donors (Lipinski definition) is 0. The van der Waals surface area contributed by atoms with Gasteiger partial charge in [-0.05, 0) is 25.5 Å². The first-order valence-corrected chi connectivity index (χ1v) is 6.67. The Labute approximate surface area is 109 Å². The van der Waals surface area contributed by atoms with Crippen molar-refractivity contribution in [3.63, 3.8) is 0 Å². The lowest BCUT2D eigenvalue weighted by molar-refractivity contribution is -0.121. The lowest BCUT2D eigenvalue weighted by Gasteiger charge is -2.25. The van der Waals surface area contributed by atoms with Gasteiger partial charge in [-0.3, -0.25) is 4.79 Å². The van der Waals surface area contributed by atoms with Crippen LogP contribution in [0.1, 0.15) is 24.8 Å². The molecule has 3 heteroatoms. The van der Waals surface area contributed by atoms with Crippen molar-refractivity contribution in [1.82, 2.24) is 4.90 Å². The van der Waals surface area contributed by atoms with Gasteiger partial charge in [0.25, 0.3) is 0 Å². The largest absolute Gasteiger partial charge is 0.494 e. The predicted molar refractivity (Wildman–Crippen MR) is 72.0 cm³/mol. The van der Waals surface area contributed by atoms with E-state index in [1.54, 1.807) is 0 Å². The van der Waals surface area contributed by atoms with E-state index in [-0.39, 0.29) is 0 Å². The van der Waals surface area contributed by atoms with Crippen LogP contribution < -0.4 is 4.74 Å². The molecule has 0 amide bonds. The fraction of sp³-hybridized carbons (Fsp3) is 0.533. The molecule has 2 rings (SSSR count). The molecule has 0 saturated carbocycles. The average Bonchev–Trinajstić information content (AvgIpc) is 2.39. The molecule has 0 spiro atoms. The van der Waals surface area contributed by atoms with E-state index >= 15 is 0 Å². The SMILES string of the molecule is Cc1ccc(OCCCN2CCC(=O)CC2)cc1. The molecule has 0 aliphatic carbocycles. The van der Waals surface area contributed by atoms with Crippen LogP contribution in [0.2, 0.25) is 0 Å². The van der Waals surface area contributed by atoms with Gasteiger partial charge in [0.2, 0.25) is 0 Å². The highest BCUT2D eigenvalue weighted by atomic mass is 16.5. The van der Waals surface area contributed by atoms with Gasteiger partial charge in [-0.2, -0.15) is 0 Å². The van der Waals surface area contributed by atoms with Gasteiger partial charge in [-0.15, -0.1) is 0 Å². The molecular weight excluding hydrogens is 226 g/mol. The number of Topliss-reactive ketones (excluding diaryl/α,β-unsaturated/α-hetero) is 1. The quantitative estimate of drug-likeness (QED) is 0.748. The number of piperidine rings is 1. The maximum Gasteiger partial charge on any atom is 0.135 e. The molecule has 0 unspecified atom stereocenters. The summed E-state index contributed by atoms with van der Waals surface area (Å²) in [5.74, 6) is 1.34. The molecule has 1 aromatic carbocycles. The Morgan fingerprint density at radius 2 is 1.83 bits per heavy atom. The van der Waals surface area contributed by atoms with E-state index in [1.807, 2.05) is 12.1 Å². The number of likely N-dealkylation sites (tertiary alicyclic amines) is 1. The molecule has 1 fully saturated rings. The minimum Gasteiger partial charge on any atom is -0.494 e. The second-order valence-electron chi connectivity index (χ2n) is 4.90. The number of ketones is 1. The average molecular weight is 247 g/mol. The van der Waals surface area contributed by atoms with E-state index in [4.69, 9.17) is 4.74 Å². The van der Waals surface area contributed by atoms with Gasteiger partial charge in [0.1, 0.15) is 11.5 Å². The molecule has 98 valence electrons. The minimum absolute atomic E-state index is 0.405. The smallest absolute Gasteiger partial charge is 0.135 e. The molecule has 1 heterocycles. The summed E-state index contributed by atoms with van der Waals surface area (Å²) in [6.07, 6.45) is 2.46. The van der Waals surface area contributed by atoms with E-state index in [0.29, 0.717) is 5.78 Å². The molecule has 1 aromatic rings. The van der Waals surface area contributed by atoms with Crippen LogP contribution in [-0.4, -0.2) is 36.9 Å². The fourth-order valence-corrected chi connectivity index (χ4v) is 2.14. The van der Waals surface area contributed by atoms with Crippen LogP contribution >= 0.6 is 0 Å². The highest BCUT2D eigenvalue weighted by Crippen LogP contribution is 2.12. The van der Waals surface area contributed by atoms with E-state index in [0.717, 1.165) is 51.3 Å². The van der Waals surface area contributed by atoms with Gasteiger partial charge < -0.3 is 9.64 Å². The van der Waals surface area contributed by atoms with Crippen molar-refractivity contribution in [2.75, 3.05) is 26.2 Å². The summed E-state index contributed by atoms with van der Waals surface area (Å²) in [4.78, 5) is 13.4. The molecule has 0 bridgehead atoms. The number of nitrogens with zero attached hydrogens (tertiary/aromatic N) is 1. The number of aryl methyl sites for hydroxylation is 1. The van der Waals surface area contributed by atoms with Crippen LogP contribution in [0.3, 0.4) is 0 Å². The Kier molecular flexibility index (Phi) is 4.76. The molecule has 1 aliphatic rings. The molecule has 3 nitrogen and oxygen atoms in total. The van der Waals surface area contributed by atoms with Gasteiger partial charge in [0.05, 0.1) is 6.61 Å². The Balaban J connectivity index is 1.61. The molecule has 18 heavy (non-hydrogen) atoms. The monoisotopic (exact) mass is 247 g/mol. The van der Waals surface area contributed by atoms with Crippen molar-refractivity contribution < 1.29 is 9.53 Å². The molecule has 0 radical (unpaired) electrons. The van der Waals surface area contributed by atoms with Crippen LogP contribution in [0.15, 0.2) is 24.3 Å². The Bertz CT molecular complexity index is 376. The normalized spacial score (nSPS) is 16.8. The van der Waals surface area contributed by atoms with Crippen molar-refractivity contribution in [1.29, 1.82) is 0 Å². The summed E-state index contributed by atoms with van der Waals surface area (Å²) in [5, 5.41) is 0. The standard InChI is InChI=1S/C15H21NO2/c1-13-3-5-15(6-4-13)18-12-2-9-16-10-7-14(17)8-11-16/h3-6H,2,7-12H2,1H3. The molecule has 1 saturated heterocycles. The van der Waals surface area contributed by atoms with Crippen molar-refractivity contribution in [3.8, 4) is 5.75 Å². The summed E-state index contributed by atoms with van der Waals surface area (Å²) in [6.45, 7) is 5.68. The third-order valence-corrected chi connectivity index (χ3v) is 3.32. The summed E-state index contributed by atoms with van der Waals surface area (Å²) < 4.78 is 5.68. The van der Waals surface area contributed by atoms with Crippen LogP contribution in [0.25, 0.3) is 0 Å². The van der Waals surface area contributed by atoms with Gasteiger partial charge in [-0.25, -0.2) is 0 Å². The minimum atomic E-state index is 0.405. The van der Waals surface area contributed by atoms with Crippen LogP contribution in [0.5, 0.6) is 5.75 Å². The van der Waals surface area contributed by atoms with Crippen LogP contribution in [-0.2, 0) is 4.79 Å². The van der Waals surface area contributed by atoms with Gasteiger partial charge >= 0.3 is 0 Å². The zero-order valence-electron chi connectivity index (χ0n) is 11.0. The third-order valence-electron chi connectivity index (χ3n) is 3.32. The molecule has 0 aromatic heterocycles. The number of ether oxygens (including phenoxy) is 1. The summed E-state index contributed by atoms with van der Waals surface area (Å²) in [6, 6.07) is 8.14. The number of carbonyl (C=O) groups excluding carboxylic acids is 1. The summed E-state index contributed by atoms with van der Waals surface area (Å²) >= 11 is 0. The van der Waals surface area contributed by atoms with Gasteiger partial charge in [-0.1, -0.05) is 17.7 Å². The Hall–Kier alpha value is -1.35. The first kappa shape index (κ1) is 13.1. The van der Waals surface area contributed by atoms with Crippen LogP contribution in [0.4, 0.5) is 0 Å². The maximum absolute atomic E-state index is 11.1. The van der Waals surface area contributed by atoms with E-state index in [9.17, 15) is 4.79 Å². The lowest BCUT2D eigenvalue weighted by atomic mass is 10.1. The Morgan fingerprint density at radius 3 is 2.50 bits per heavy atom. The second kappa shape index (κ2) is 6.55. The highest BCUT2D eigenvalue weighted by Gasteiger charge is 2.15. The zero-order chi connectivity index (χ0) is 12.8. The lowest BCUT2D eigenvalue weighted by Crippen LogP contribution is -2.34. The highest BCUT2D eigenvalue weighted by molar-refractivity contribution is 5.79. The molecule has 0 atom stereocenters. The van der Waals surface area contributed by atoms with Crippen molar-refractivity contribution in [3.05, 3.63) is 29.8 Å². The summed E-state index contributed by atoms with van der Waals surface area (Å²) in [5.41, 5.74) is 1.25. The van der Waals surface area contributed by atoms with E-state index in [2.05, 4.69) is 24.0 Å². The molecular formula is C15H21NO2. The number of carbonyl (C=O) groups is 1. The molecule has 1 aliphatic heterocycles. The third kappa shape index (κ3) is 4.15. The predicted octanol–water partition coefficient (Wildman–Crippen LogP) is 2.43. The first-order valence-electron chi connectivity index (χ1n) is 6.67. The fourth-order valence-electron chi connectivity index (χ4n) is 2.14. The second-order valence-corrected chi connectivity index (χ2v) is 4.90.